The Morgan fingerprint density at radius 3 is 2.18 bits per heavy atom. The predicted octanol–water partition coefficient (Wildman–Crippen LogP) is 9.42. The molecule has 5 aromatic carbocycles. The number of fused-ring (bicyclic) bond motifs is 3. The summed E-state index contributed by atoms with van der Waals surface area (Å²) in [4.78, 5) is 18.5. The van der Waals surface area contributed by atoms with Crippen molar-refractivity contribution in [2.24, 2.45) is 0 Å². The second kappa shape index (κ2) is 15.5. The van der Waals surface area contributed by atoms with Crippen LogP contribution in [0, 0.1) is 0 Å². The molecule has 0 spiro atoms. The van der Waals surface area contributed by atoms with E-state index in [1.165, 1.54) is 23.8 Å². The third-order valence-electron chi connectivity index (χ3n) is 11.2. The predicted molar refractivity (Wildman–Crippen MR) is 212 cm³/mol. The maximum atomic E-state index is 13.9. The van der Waals surface area contributed by atoms with Crippen LogP contribution in [0.5, 0.6) is 46.0 Å². The Kier molecular flexibility index (Phi) is 10.3. The SMILES string of the molecule is COc1ccc2cc1Oc1ccc(cc1)CC[C@H]1c3cc(c(OC)cc3CCN1C)Oc1c(OC(=O)c3ccccc3)c(OC)c(Cl)c3c1[C@H](C2)N(C)CC3. The normalized spacial score (nSPS) is 18.1. The van der Waals surface area contributed by atoms with Crippen molar-refractivity contribution < 1.29 is 33.2 Å². The van der Waals surface area contributed by atoms with Crippen LogP contribution in [-0.2, 0) is 25.7 Å². The Bertz CT molecular complexity index is 2230. The monoisotopic (exact) mass is 760 g/mol. The number of nitrogens with zero attached hydrogens (tertiary/aromatic N) is 2. The molecule has 0 radical (unpaired) electrons. The molecule has 6 bridgehead atoms. The maximum absolute atomic E-state index is 13.9. The van der Waals surface area contributed by atoms with E-state index in [1.807, 2.05) is 36.4 Å². The number of hydrogen-bond acceptors (Lipinski definition) is 9. The highest BCUT2D eigenvalue weighted by atomic mass is 35.5. The lowest BCUT2D eigenvalue weighted by molar-refractivity contribution is 0.0724. The first-order valence-corrected chi connectivity index (χ1v) is 19.1. The van der Waals surface area contributed by atoms with E-state index >= 15 is 0 Å². The van der Waals surface area contributed by atoms with E-state index in [2.05, 4.69) is 48.2 Å². The minimum Gasteiger partial charge on any atom is -0.493 e. The second-order valence-electron chi connectivity index (χ2n) is 14.4. The number of hydrogen-bond donors (Lipinski definition) is 0. The van der Waals surface area contributed by atoms with Crippen LogP contribution >= 0.6 is 11.6 Å². The van der Waals surface area contributed by atoms with E-state index in [0.29, 0.717) is 52.2 Å². The van der Waals surface area contributed by atoms with Crippen molar-refractivity contribution in [3.05, 3.63) is 129 Å². The lowest BCUT2D eigenvalue weighted by atomic mass is 9.87. The molecule has 0 fully saturated rings. The first kappa shape index (κ1) is 36.7. The van der Waals surface area contributed by atoms with E-state index in [4.69, 9.17) is 40.0 Å². The zero-order valence-corrected chi connectivity index (χ0v) is 32.6. The van der Waals surface area contributed by atoms with Gasteiger partial charge in [0, 0.05) is 30.7 Å². The van der Waals surface area contributed by atoms with Crippen molar-refractivity contribution in [1.82, 2.24) is 9.80 Å². The fraction of sp³-hybridized carbons (Fsp3) is 0.311. The van der Waals surface area contributed by atoms with Gasteiger partial charge in [0.2, 0.25) is 5.75 Å². The topological polar surface area (TPSA) is 78.9 Å². The summed E-state index contributed by atoms with van der Waals surface area (Å²) in [6.07, 6.45) is 3.82. The molecular formula is C45H45ClN2O7. The lowest BCUT2D eigenvalue weighted by Crippen LogP contribution is -2.34. The van der Waals surface area contributed by atoms with Gasteiger partial charge in [-0.3, -0.25) is 9.80 Å². The molecule has 4 aliphatic rings. The van der Waals surface area contributed by atoms with Crippen LogP contribution in [-0.4, -0.2) is 64.3 Å². The number of carbonyl (C=O) groups is 1. The third kappa shape index (κ3) is 7.08. The number of ether oxygens (including phenoxy) is 6. The molecule has 9 nitrogen and oxygen atoms in total. The minimum atomic E-state index is -0.561. The van der Waals surface area contributed by atoms with Crippen LogP contribution in [0.2, 0.25) is 5.02 Å². The summed E-state index contributed by atoms with van der Waals surface area (Å²) in [5.74, 6) is 3.22. The Labute approximate surface area is 327 Å². The van der Waals surface area contributed by atoms with Gasteiger partial charge in [0.15, 0.2) is 34.5 Å². The fourth-order valence-corrected chi connectivity index (χ4v) is 8.56. The molecule has 55 heavy (non-hydrogen) atoms. The molecule has 2 atom stereocenters. The van der Waals surface area contributed by atoms with Gasteiger partial charge in [-0.05, 0) is 123 Å². The molecule has 0 saturated carbocycles. The van der Waals surface area contributed by atoms with E-state index in [0.717, 1.165) is 54.8 Å². The van der Waals surface area contributed by atoms with Gasteiger partial charge in [0.1, 0.15) is 5.75 Å². The van der Waals surface area contributed by atoms with Gasteiger partial charge in [-0.25, -0.2) is 4.79 Å². The number of aryl methyl sites for hydroxylation is 1. The average molecular weight is 761 g/mol. The summed E-state index contributed by atoms with van der Waals surface area (Å²) in [5.41, 5.74) is 6.70. The summed E-state index contributed by atoms with van der Waals surface area (Å²) in [7, 11) is 9.09. The minimum absolute atomic E-state index is 0.111. The number of esters is 1. The Hall–Kier alpha value is -5.22. The van der Waals surface area contributed by atoms with E-state index in [1.54, 1.807) is 38.5 Å². The van der Waals surface area contributed by atoms with Crippen molar-refractivity contribution >= 4 is 17.6 Å². The van der Waals surface area contributed by atoms with E-state index < -0.39 is 5.97 Å². The van der Waals surface area contributed by atoms with Crippen LogP contribution in [0.4, 0.5) is 0 Å². The number of rotatable bonds is 5. The Balaban J connectivity index is 1.37. The van der Waals surface area contributed by atoms with Gasteiger partial charge >= 0.3 is 5.97 Å². The zero-order chi connectivity index (χ0) is 38.2. The zero-order valence-electron chi connectivity index (χ0n) is 31.8. The Morgan fingerprint density at radius 2 is 1.44 bits per heavy atom. The largest absolute Gasteiger partial charge is 0.493 e. The molecule has 5 aromatic rings. The van der Waals surface area contributed by atoms with Crippen molar-refractivity contribution in [1.29, 1.82) is 0 Å². The molecule has 0 aliphatic carbocycles. The standard InChI is InChI=1S/C45H45ClN2O7/c1-47-21-19-30-25-37(51-4)39-26-33(30)34(47)17-13-27-11-15-31(16-12-27)53-38-24-28(14-18-36(38)50-3)23-35-40-32(20-22-48(35)2)41(46)43(52-5)44(42(40)54-39)55-45(49)29-9-7-6-8-10-29/h6-12,14-16,18,24-26,34-35H,13,17,19-23H2,1-5H3/t34-,35-/m0/s1. The number of methoxy groups -OCH3 is 3. The summed E-state index contributed by atoms with van der Waals surface area (Å²) < 4.78 is 37.7. The van der Waals surface area contributed by atoms with Gasteiger partial charge in [0.25, 0.3) is 0 Å². The van der Waals surface area contributed by atoms with Gasteiger partial charge in [-0.2, -0.15) is 0 Å². The van der Waals surface area contributed by atoms with E-state index in [-0.39, 0.29) is 23.6 Å². The van der Waals surface area contributed by atoms with Crippen LogP contribution in [0.3, 0.4) is 0 Å². The second-order valence-corrected chi connectivity index (χ2v) is 14.8. The first-order valence-electron chi connectivity index (χ1n) is 18.7. The van der Waals surface area contributed by atoms with Crippen molar-refractivity contribution in [2.45, 2.75) is 44.2 Å². The molecule has 0 saturated heterocycles. The molecular weight excluding hydrogens is 716 g/mol. The van der Waals surface area contributed by atoms with Crippen LogP contribution in [0.15, 0.2) is 84.9 Å². The highest BCUT2D eigenvalue weighted by Gasteiger charge is 2.38. The van der Waals surface area contributed by atoms with Crippen molar-refractivity contribution in [3.63, 3.8) is 0 Å². The Morgan fingerprint density at radius 1 is 0.727 bits per heavy atom. The van der Waals surface area contributed by atoms with Gasteiger partial charge in [0.05, 0.1) is 31.9 Å². The lowest BCUT2D eigenvalue weighted by Gasteiger charge is -2.38. The molecule has 10 heteroatoms. The van der Waals surface area contributed by atoms with Crippen LogP contribution in [0.1, 0.15) is 62.2 Å². The first-order chi connectivity index (χ1) is 26.8. The number of halogens is 1. The highest BCUT2D eigenvalue weighted by Crippen LogP contribution is 2.55. The molecule has 0 N–H and O–H groups in total. The van der Waals surface area contributed by atoms with Crippen LogP contribution < -0.4 is 28.4 Å². The molecule has 9 rings (SSSR count). The molecule has 0 aromatic heterocycles. The summed E-state index contributed by atoms with van der Waals surface area (Å²) in [6, 6.07) is 27.3. The fourth-order valence-electron chi connectivity index (χ4n) is 8.20. The maximum Gasteiger partial charge on any atom is 0.343 e. The quantitative estimate of drug-likeness (QED) is 0.129. The summed E-state index contributed by atoms with van der Waals surface area (Å²) in [6.45, 7) is 1.65. The molecule has 0 unspecified atom stereocenters. The van der Waals surface area contributed by atoms with Crippen molar-refractivity contribution in [2.75, 3.05) is 48.5 Å². The average Bonchev–Trinajstić information content (AvgIpc) is 3.20. The number of benzene rings is 5. The third-order valence-corrected chi connectivity index (χ3v) is 11.6. The summed E-state index contributed by atoms with van der Waals surface area (Å²) >= 11 is 7.26. The smallest absolute Gasteiger partial charge is 0.343 e. The number of likely N-dealkylation sites (N-methyl/N-ethyl adjacent to an activating group) is 2. The number of carbonyl (C=O) groups excluding carboxylic acids is 1. The molecule has 0 amide bonds. The van der Waals surface area contributed by atoms with Gasteiger partial charge in [-0.1, -0.05) is 48.0 Å². The summed E-state index contributed by atoms with van der Waals surface area (Å²) in [5, 5.41) is 0.387. The highest BCUT2D eigenvalue weighted by molar-refractivity contribution is 6.33. The van der Waals surface area contributed by atoms with Crippen molar-refractivity contribution in [3.8, 4) is 46.0 Å². The van der Waals surface area contributed by atoms with Gasteiger partial charge in [-0.15, -0.1) is 0 Å². The molecule has 4 aliphatic heterocycles. The molecule has 284 valence electrons. The molecule has 4 heterocycles. The van der Waals surface area contributed by atoms with E-state index in [9.17, 15) is 4.79 Å². The van der Waals surface area contributed by atoms with Crippen LogP contribution in [0.25, 0.3) is 0 Å². The van der Waals surface area contributed by atoms with Gasteiger partial charge < -0.3 is 28.4 Å².